The molecule has 24 heavy (non-hydrogen) atoms. The van der Waals surface area contributed by atoms with Crippen LogP contribution in [0.2, 0.25) is 0 Å². The average Bonchev–Trinajstić information content (AvgIpc) is 2.65. The molecule has 128 valence electrons. The Morgan fingerprint density at radius 2 is 1.92 bits per heavy atom. The van der Waals surface area contributed by atoms with Crippen molar-refractivity contribution < 1.29 is 14.6 Å². The van der Waals surface area contributed by atoms with Crippen LogP contribution in [0.25, 0.3) is 0 Å². The maximum absolute atomic E-state index is 9.02. The standard InChI is InChI=1S/C20H25NO3/c22-14-6-13-21-20(23-15-16-7-2-1-3-8-16)19-12-11-17-9-4-5-10-18(17)24-19/h1-5,7-10,19-22H,6,11-15H2. The van der Waals surface area contributed by atoms with E-state index in [4.69, 9.17) is 14.6 Å². The molecule has 0 aromatic heterocycles. The van der Waals surface area contributed by atoms with Gasteiger partial charge in [-0.2, -0.15) is 0 Å². The van der Waals surface area contributed by atoms with Crippen LogP contribution in [0.15, 0.2) is 54.6 Å². The molecule has 2 N–H and O–H groups in total. The van der Waals surface area contributed by atoms with Crippen LogP contribution in [0.1, 0.15) is 24.0 Å². The highest BCUT2D eigenvalue weighted by Crippen LogP contribution is 2.28. The molecule has 1 aliphatic rings. The van der Waals surface area contributed by atoms with E-state index in [-0.39, 0.29) is 18.9 Å². The molecule has 1 aliphatic heterocycles. The summed E-state index contributed by atoms with van der Waals surface area (Å²) in [6.07, 6.45) is 2.40. The minimum atomic E-state index is -0.190. The molecule has 2 atom stereocenters. The molecule has 2 aromatic carbocycles. The van der Waals surface area contributed by atoms with Gasteiger partial charge in [0, 0.05) is 6.61 Å². The van der Waals surface area contributed by atoms with Gasteiger partial charge in [-0.15, -0.1) is 0 Å². The van der Waals surface area contributed by atoms with Gasteiger partial charge in [0.25, 0.3) is 0 Å². The second-order valence-electron chi connectivity index (χ2n) is 6.05. The van der Waals surface area contributed by atoms with E-state index < -0.39 is 0 Å². The number of fused-ring (bicyclic) bond motifs is 1. The van der Waals surface area contributed by atoms with Gasteiger partial charge in [0.1, 0.15) is 18.1 Å². The van der Waals surface area contributed by atoms with Gasteiger partial charge in [0.2, 0.25) is 0 Å². The highest BCUT2D eigenvalue weighted by Gasteiger charge is 2.28. The van der Waals surface area contributed by atoms with Crippen molar-refractivity contribution in [3.63, 3.8) is 0 Å². The SMILES string of the molecule is OCCCNC(OCc1ccccc1)C1CCc2ccccc2O1. The van der Waals surface area contributed by atoms with Crippen LogP contribution in [-0.4, -0.2) is 30.6 Å². The molecule has 0 saturated heterocycles. The number of hydrogen-bond donors (Lipinski definition) is 2. The van der Waals surface area contributed by atoms with Crippen LogP contribution in [-0.2, 0) is 17.8 Å². The molecule has 0 bridgehead atoms. The van der Waals surface area contributed by atoms with Crippen molar-refractivity contribution >= 4 is 0 Å². The van der Waals surface area contributed by atoms with E-state index in [1.54, 1.807) is 0 Å². The summed E-state index contributed by atoms with van der Waals surface area (Å²) in [4.78, 5) is 0. The number of aryl methyl sites for hydroxylation is 1. The number of para-hydroxylation sites is 1. The van der Waals surface area contributed by atoms with Gasteiger partial charge in [-0.25, -0.2) is 0 Å². The number of ether oxygens (including phenoxy) is 2. The first-order valence-electron chi connectivity index (χ1n) is 8.61. The fourth-order valence-electron chi connectivity index (χ4n) is 2.94. The van der Waals surface area contributed by atoms with Crippen LogP contribution >= 0.6 is 0 Å². The summed E-state index contributed by atoms with van der Waals surface area (Å²) < 4.78 is 12.3. The fraction of sp³-hybridized carbons (Fsp3) is 0.400. The molecule has 2 aromatic rings. The second-order valence-corrected chi connectivity index (χ2v) is 6.05. The summed E-state index contributed by atoms with van der Waals surface area (Å²) in [5, 5.41) is 12.4. The van der Waals surface area contributed by atoms with Gasteiger partial charge in [0.15, 0.2) is 0 Å². The van der Waals surface area contributed by atoms with Crippen molar-refractivity contribution in [2.75, 3.05) is 13.2 Å². The number of rotatable bonds is 8. The lowest BCUT2D eigenvalue weighted by molar-refractivity contribution is -0.0603. The summed E-state index contributed by atoms with van der Waals surface area (Å²) in [7, 11) is 0. The fourth-order valence-corrected chi connectivity index (χ4v) is 2.94. The molecule has 0 fully saturated rings. The Morgan fingerprint density at radius 3 is 2.75 bits per heavy atom. The predicted octanol–water partition coefficient (Wildman–Crippen LogP) is 2.90. The first-order valence-corrected chi connectivity index (χ1v) is 8.61. The van der Waals surface area contributed by atoms with Crippen molar-refractivity contribution in [2.45, 2.75) is 38.2 Å². The van der Waals surface area contributed by atoms with Gasteiger partial charge in [-0.3, -0.25) is 5.32 Å². The normalized spacial score (nSPS) is 17.8. The quantitative estimate of drug-likeness (QED) is 0.578. The van der Waals surface area contributed by atoms with Crippen molar-refractivity contribution in [3.05, 3.63) is 65.7 Å². The minimum absolute atomic E-state index is 0.0256. The Hall–Kier alpha value is -1.88. The van der Waals surface area contributed by atoms with Gasteiger partial charge >= 0.3 is 0 Å². The number of hydrogen-bond acceptors (Lipinski definition) is 4. The number of benzene rings is 2. The van der Waals surface area contributed by atoms with Crippen LogP contribution in [0.3, 0.4) is 0 Å². The largest absolute Gasteiger partial charge is 0.486 e. The Kier molecular flexibility index (Phi) is 6.24. The number of aliphatic hydroxyl groups excluding tert-OH is 1. The highest BCUT2D eigenvalue weighted by atomic mass is 16.6. The van der Waals surface area contributed by atoms with E-state index in [9.17, 15) is 0 Å². The highest BCUT2D eigenvalue weighted by molar-refractivity contribution is 5.35. The Labute approximate surface area is 143 Å². The van der Waals surface area contributed by atoms with E-state index in [2.05, 4.69) is 23.5 Å². The van der Waals surface area contributed by atoms with Crippen LogP contribution < -0.4 is 10.1 Å². The summed E-state index contributed by atoms with van der Waals surface area (Å²) >= 11 is 0. The molecule has 3 rings (SSSR count). The smallest absolute Gasteiger partial charge is 0.145 e. The monoisotopic (exact) mass is 327 g/mol. The predicted molar refractivity (Wildman–Crippen MR) is 93.9 cm³/mol. The van der Waals surface area contributed by atoms with Gasteiger partial charge < -0.3 is 14.6 Å². The maximum Gasteiger partial charge on any atom is 0.145 e. The Balaban J connectivity index is 1.63. The second kappa shape index (κ2) is 8.83. The molecule has 4 nitrogen and oxygen atoms in total. The van der Waals surface area contributed by atoms with Crippen molar-refractivity contribution in [1.29, 1.82) is 0 Å². The zero-order valence-electron chi connectivity index (χ0n) is 13.9. The van der Waals surface area contributed by atoms with E-state index >= 15 is 0 Å². The van der Waals surface area contributed by atoms with Crippen molar-refractivity contribution in [3.8, 4) is 5.75 Å². The topological polar surface area (TPSA) is 50.7 Å². The van der Waals surface area contributed by atoms with Crippen molar-refractivity contribution in [2.24, 2.45) is 0 Å². The number of nitrogens with one attached hydrogen (secondary N) is 1. The zero-order valence-corrected chi connectivity index (χ0v) is 13.9. The van der Waals surface area contributed by atoms with Gasteiger partial charge in [0.05, 0.1) is 6.61 Å². The molecular weight excluding hydrogens is 302 g/mol. The van der Waals surface area contributed by atoms with Gasteiger partial charge in [-0.1, -0.05) is 48.5 Å². The molecule has 0 spiro atoms. The summed E-state index contributed by atoms with van der Waals surface area (Å²) in [6, 6.07) is 18.3. The van der Waals surface area contributed by atoms with Crippen LogP contribution in [0, 0.1) is 0 Å². The first kappa shape index (κ1) is 17.0. The molecule has 1 heterocycles. The third-order valence-electron chi connectivity index (χ3n) is 4.24. The number of aliphatic hydroxyl groups is 1. The molecule has 0 aliphatic carbocycles. The van der Waals surface area contributed by atoms with E-state index in [0.29, 0.717) is 19.6 Å². The minimum Gasteiger partial charge on any atom is -0.486 e. The van der Waals surface area contributed by atoms with Gasteiger partial charge in [-0.05, 0) is 43.0 Å². The van der Waals surface area contributed by atoms with E-state index in [0.717, 1.165) is 24.2 Å². The Morgan fingerprint density at radius 1 is 1.12 bits per heavy atom. The first-order chi connectivity index (χ1) is 11.9. The molecular formula is C20H25NO3. The Bertz CT molecular complexity index is 617. The molecule has 4 heteroatoms. The van der Waals surface area contributed by atoms with E-state index in [1.807, 2.05) is 36.4 Å². The lowest BCUT2D eigenvalue weighted by atomic mass is 10.0. The lowest BCUT2D eigenvalue weighted by Crippen LogP contribution is -2.47. The maximum atomic E-state index is 9.02. The molecule has 0 amide bonds. The summed E-state index contributed by atoms with van der Waals surface area (Å²) in [5.74, 6) is 0.950. The lowest BCUT2D eigenvalue weighted by Gasteiger charge is -2.32. The molecule has 2 unspecified atom stereocenters. The third kappa shape index (κ3) is 4.57. The van der Waals surface area contributed by atoms with Crippen LogP contribution in [0.4, 0.5) is 0 Å². The van der Waals surface area contributed by atoms with Crippen LogP contribution in [0.5, 0.6) is 5.75 Å². The zero-order chi connectivity index (χ0) is 16.6. The van der Waals surface area contributed by atoms with E-state index in [1.165, 1.54) is 5.56 Å². The molecule has 0 saturated carbocycles. The summed E-state index contributed by atoms with van der Waals surface area (Å²) in [6.45, 7) is 1.42. The van der Waals surface area contributed by atoms with Crippen molar-refractivity contribution in [1.82, 2.24) is 5.32 Å². The molecule has 0 radical (unpaired) electrons. The average molecular weight is 327 g/mol. The summed E-state index contributed by atoms with van der Waals surface area (Å²) in [5.41, 5.74) is 2.40. The third-order valence-corrected chi connectivity index (χ3v) is 4.24.